The van der Waals surface area contributed by atoms with E-state index in [0.717, 1.165) is 30.6 Å². The number of anilines is 2. The molecule has 0 atom stereocenters. The van der Waals surface area contributed by atoms with Crippen LogP contribution in [0.3, 0.4) is 0 Å². The molecule has 0 aromatic heterocycles. The Balaban J connectivity index is 1.23. The number of piperazine rings is 1. The molecule has 0 unspecified atom stereocenters. The van der Waals surface area contributed by atoms with Gasteiger partial charge in [-0.2, -0.15) is 4.99 Å². The second-order valence-electron chi connectivity index (χ2n) is 8.55. The zero-order valence-corrected chi connectivity index (χ0v) is 20.7. The van der Waals surface area contributed by atoms with Gasteiger partial charge in [0, 0.05) is 49.3 Å². The van der Waals surface area contributed by atoms with Gasteiger partial charge in [-0.05, 0) is 54.9 Å². The molecule has 7 heteroatoms. The van der Waals surface area contributed by atoms with E-state index in [1.807, 2.05) is 30.4 Å². The van der Waals surface area contributed by atoms with E-state index in [2.05, 4.69) is 56.5 Å². The zero-order chi connectivity index (χ0) is 22.9. The molecule has 3 aliphatic rings. The molecule has 5 nitrogen and oxygen atoms in total. The number of aliphatic imine (C=N–C) groups is 1. The maximum Gasteiger partial charge on any atom is 0.199 e. The van der Waals surface area contributed by atoms with Crippen molar-refractivity contribution in [2.75, 3.05) is 42.1 Å². The fraction of sp³-hybridized carbons (Fsp3) is 0.385. The van der Waals surface area contributed by atoms with Crippen molar-refractivity contribution < 1.29 is 0 Å². The van der Waals surface area contributed by atoms with Crippen LogP contribution in [-0.4, -0.2) is 53.2 Å². The smallest absolute Gasteiger partial charge is 0.199 e. The van der Waals surface area contributed by atoms with Crippen molar-refractivity contribution >= 4 is 45.6 Å². The van der Waals surface area contributed by atoms with E-state index < -0.39 is 0 Å². The number of thioether (sulfide) groups is 1. The summed E-state index contributed by atoms with van der Waals surface area (Å²) in [6, 6.07) is 9.27. The Morgan fingerprint density at radius 2 is 1.70 bits per heavy atom. The third-order valence-corrected chi connectivity index (χ3v) is 7.36. The SMILES string of the molecule is NC(=NC(=S)Nc1ccc(N2CCN(C3CCCC3)CC2)cc1)SCC1=CC=CC=CC=C1. The number of benzene rings is 1. The summed E-state index contributed by atoms with van der Waals surface area (Å²) < 4.78 is 0. The number of allylic oxidation sites excluding steroid dienone is 7. The molecule has 1 aromatic rings. The van der Waals surface area contributed by atoms with Gasteiger partial charge in [-0.1, -0.05) is 67.1 Å². The Labute approximate surface area is 207 Å². The van der Waals surface area contributed by atoms with Crippen LogP contribution in [0.15, 0.2) is 77.4 Å². The van der Waals surface area contributed by atoms with Crippen LogP contribution in [0.25, 0.3) is 0 Å². The number of amidine groups is 1. The fourth-order valence-electron chi connectivity index (χ4n) is 4.51. The summed E-state index contributed by atoms with van der Waals surface area (Å²) in [5, 5.41) is 4.01. The standard InChI is InChI=1S/C26H33N5S2/c27-25(33-20-21-8-4-2-1-3-5-9-21)29-26(32)28-22-12-14-24(15-13-22)31-18-16-30(17-19-31)23-10-6-7-11-23/h1-5,8-9,12-15,23H,6-7,10-11,16-20H2,(H3,27,28,29,32). The largest absolute Gasteiger partial charge is 0.378 e. The average Bonchev–Trinajstić information content (AvgIpc) is 3.34. The van der Waals surface area contributed by atoms with Gasteiger partial charge in [-0.25, -0.2) is 0 Å². The molecule has 0 spiro atoms. The van der Waals surface area contributed by atoms with Gasteiger partial charge >= 0.3 is 0 Å². The number of hydrogen-bond donors (Lipinski definition) is 2. The van der Waals surface area contributed by atoms with E-state index >= 15 is 0 Å². The first-order valence-electron chi connectivity index (χ1n) is 11.7. The summed E-state index contributed by atoms with van der Waals surface area (Å²) in [6.07, 6.45) is 19.8. The number of hydrogen-bond acceptors (Lipinski definition) is 4. The quantitative estimate of drug-likeness (QED) is 0.348. The highest BCUT2D eigenvalue weighted by molar-refractivity contribution is 8.14. The van der Waals surface area contributed by atoms with Crippen molar-refractivity contribution in [3.05, 3.63) is 72.4 Å². The van der Waals surface area contributed by atoms with Gasteiger partial charge in [0.2, 0.25) is 0 Å². The summed E-state index contributed by atoms with van der Waals surface area (Å²) in [5.41, 5.74) is 9.46. The molecule has 1 aliphatic heterocycles. The lowest BCUT2D eigenvalue weighted by atomic mass is 10.1. The normalized spacial score (nSPS) is 19.9. The molecule has 1 saturated heterocycles. The summed E-state index contributed by atoms with van der Waals surface area (Å²) in [7, 11) is 0. The highest BCUT2D eigenvalue weighted by Crippen LogP contribution is 2.26. The van der Waals surface area contributed by atoms with Gasteiger partial charge in [-0.3, -0.25) is 4.90 Å². The minimum atomic E-state index is 0.378. The van der Waals surface area contributed by atoms with Crippen LogP contribution in [0.5, 0.6) is 0 Å². The molecular formula is C26H33N5S2. The monoisotopic (exact) mass is 479 g/mol. The third kappa shape index (κ3) is 7.32. The average molecular weight is 480 g/mol. The fourth-order valence-corrected chi connectivity index (χ4v) is 5.45. The summed E-state index contributed by atoms with van der Waals surface area (Å²) in [5.74, 6) is 0.745. The lowest BCUT2D eigenvalue weighted by Gasteiger charge is -2.39. The minimum Gasteiger partial charge on any atom is -0.378 e. The van der Waals surface area contributed by atoms with E-state index in [9.17, 15) is 0 Å². The molecule has 3 N–H and O–H groups in total. The predicted molar refractivity (Wildman–Crippen MR) is 148 cm³/mol. The van der Waals surface area contributed by atoms with Gasteiger partial charge in [0.25, 0.3) is 0 Å². The molecule has 2 aliphatic carbocycles. The molecule has 174 valence electrons. The van der Waals surface area contributed by atoms with Crippen LogP contribution < -0.4 is 16.0 Å². The van der Waals surface area contributed by atoms with Crippen LogP contribution in [0, 0.1) is 0 Å². The molecule has 2 fully saturated rings. The Kier molecular flexibility index (Phi) is 8.80. The van der Waals surface area contributed by atoms with Crippen LogP contribution in [0.4, 0.5) is 11.4 Å². The Morgan fingerprint density at radius 3 is 2.45 bits per heavy atom. The molecular weight excluding hydrogens is 446 g/mol. The van der Waals surface area contributed by atoms with Crippen LogP contribution in [0.2, 0.25) is 0 Å². The van der Waals surface area contributed by atoms with Gasteiger partial charge in [0.15, 0.2) is 10.3 Å². The van der Waals surface area contributed by atoms with Crippen LogP contribution >= 0.6 is 24.0 Å². The molecule has 33 heavy (non-hydrogen) atoms. The first-order valence-corrected chi connectivity index (χ1v) is 13.1. The van der Waals surface area contributed by atoms with Crippen LogP contribution in [0.1, 0.15) is 25.7 Å². The summed E-state index contributed by atoms with van der Waals surface area (Å²) in [6.45, 7) is 4.52. The van der Waals surface area contributed by atoms with Gasteiger partial charge in [0.1, 0.15) is 0 Å². The lowest BCUT2D eigenvalue weighted by molar-refractivity contribution is 0.187. The first kappa shape index (κ1) is 23.8. The second kappa shape index (κ2) is 12.2. The van der Waals surface area contributed by atoms with E-state index in [-0.39, 0.29) is 0 Å². The Hall–Kier alpha value is -2.35. The van der Waals surface area contributed by atoms with Crippen molar-refractivity contribution in [3.8, 4) is 0 Å². The molecule has 0 amide bonds. The number of thiocarbonyl (C=S) groups is 1. The molecule has 1 aromatic carbocycles. The number of nitrogens with zero attached hydrogens (tertiary/aromatic N) is 3. The van der Waals surface area contributed by atoms with Gasteiger partial charge < -0.3 is 16.0 Å². The number of nitrogens with one attached hydrogen (secondary N) is 1. The highest BCUT2D eigenvalue weighted by Gasteiger charge is 2.26. The molecule has 0 bridgehead atoms. The van der Waals surface area contributed by atoms with Gasteiger partial charge in [0.05, 0.1) is 0 Å². The number of rotatable bonds is 5. The third-order valence-electron chi connectivity index (χ3n) is 6.30. The zero-order valence-electron chi connectivity index (χ0n) is 19.0. The molecule has 1 saturated carbocycles. The van der Waals surface area contributed by atoms with E-state index in [1.54, 1.807) is 0 Å². The molecule has 1 heterocycles. The van der Waals surface area contributed by atoms with E-state index in [0.29, 0.717) is 10.3 Å². The minimum absolute atomic E-state index is 0.378. The van der Waals surface area contributed by atoms with Gasteiger partial charge in [-0.15, -0.1) is 0 Å². The predicted octanol–water partition coefficient (Wildman–Crippen LogP) is 5.10. The van der Waals surface area contributed by atoms with Crippen molar-refractivity contribution in [3.63, 3.8) is 0 Å². The lowest BCUT2D eigenvalue weighted by Crippen LogP contribution is -2.49. The maximum absolute atomic E-state index is 6.08. The first-order chi connectivity index (χ1) is 16.2. The van der Waals surface area contributed by atoms with Crippen molar-refractivity contribution in [2.45, 2.75) is 31.7 Å². The number of nitrogens with two attached hydrogens (primary N) is 1. The Morgan fingerprint density at radius 1 is 1.00 bits per heavy atom. The highest BCUT2D eigenvalue weighted by atomic mass is 32.2. The van der Waals surface area contributed by atoms with E-state index in [4.69, 9.17) is 18.0 Å². The molecule has 4 rings (SSSR count). The van der Waals surface area contributed by atoms with Crippen molar-refractivity contribution in [1.82, 2.24) is 4.90 Å². The maximum atomic E-state index is 6.08. The second-order valence-corrected chi connectivity index (χ2v) is 9.93. The van der Waals surface area contributed by atoms with E-state index in [1.165, 1.54) is 61.8 Å². The van der Waals surface area contributed by atoms with Crippen molar-refractivity contribution in [1.29, 1.82) is 0 Å². The van der Waals surface area contributed by atoms with Crippen LogP contribution in [-0.2, 0) is 0 Å². The summed E-state index contributed by atoms with van der Waals surface area (Å²) >= 11 is 6.87. The molecule has 0 radical (unpaired) electrons. The Bertz CT molecular complexity index is 947. The topological polar surface area (TPSA) is 56.9 Å². The summed E-state index contributed by atoms with van der Waals surface area (Å²) in [4.78, 5) is 9.50. The van der Waals surface area contributed by atoms with Crippen molar-refractivity contribution in [2.24, 2.45) is 10.7 Å².